The summed E-state index contributed by atoms with van der Waals surface area (Å²) >= 11 is 3.90. The van der Waals surface area contributed by atoms with Crippen molar-refractivity contribution in [3.05, 3.63) is 75.9 Å². The molecular formula is C24H24IN3OS. The summed E-state index contributed by atoms with van der Waals surface area (Å²) in [6.07, 6.45) is 1.05. The summed E-state index contributed by atoms with van der Waals surface area (Å²) in [6.45, 7) is 2.75. The number of benzene rings is 3. The summed E-state index contributed by atoms with van der Waals surface area (Å²) in [5.74, 6) is 1.88. The first-order valence-corrected chi connectivity index (χ1v) is 11.8. The molecule has 30 heavy (non-hydrogen) atoms. The van der Waals surface area contributed by atoms with Crippen LogP contribution < -0.4 is 15.4 Å². The van der Waals surface area contributed by atoms with Gasteiger partial charge in [0.05, 0.1) is 11.8 Å². The number of anilines is 1. The van der Waals surface area contributed by atoms with Crippen LogP contribution in [0.3, 0.4) is 0 Å². The molecule has 3 aromatic carbocycles. The van der Waals surface area contributed by atoms with E-state index < -0.39 is 0 Å². The van der Waals surface area contributed by atoms with Gasteiger partial charge in [0, 0.05) is 22.0 Å². The molecular weight excluding hydrogens is 505 g/mol. The molecule has 2 N–H and O–H groups in total. The van der Waals surface area contributed by atoms with Gasteiger partial charge in [-0.1, -0.05) is 36.4 Å². The molecule has 0 aliphatic heterocycles. The molecule has 6 heteroatoms. The first-order chi connectivity index (χ1) is 14.7. The number of aromatic nitrogens is 1. The molecule has 0 spiro atoms. The molecule has 4 nitrogen and oxygen atoms in total. The fourth-order valence-electron chi connectivity index (χ4n) is 3.29. The summed E-state index contributed by atoms with van der Waals surface area (Å²) in [6, 6.07) is 23.3. The molecule has 0 saturated carbocycles. The zero-order chi connectivity index (χ0) is 20.8. The second-order valence-electron chi connectivity index (χ2n) is 7.05. The van der Waals surface area contributed by atoms with Crippen LogP contribution in [-0.4, -0.2) is 24.6 Å². The molecule has 4 rings (SSSR count). The van der Waals surface area contributed by atoms with E-state index in [2.05, 4.69) is 92.2 Å². The Bertz CT molecular complexity index is 1090. The topological polar surface area (TPSA) is 46.2 Å². The Kier molecular flexibility index (Phi) is 7.20. The van der Waals surface area contributed by atoms with Gasteiger partial charge in [-0.25, -0.2) is 0 Å². The van der Waals surface area contributed by atoms with Gasteiger partial charge in [-0.05, 0) is 94.1 Å². The molecule has 0 radical (unpaired) electrons. The Morgan fingerprint density at radius 2 is 1.67 bits per heavy atom. The van der Waals surface area contributed by atoms with Crippen LogP contribution in [0.5, 0.6) is 5.75 Å². The quantitative estimate of drug-likeness (QED) is 0.201. The van der Waals surface area contributed by atoms with Gasteiger partial charge in [0.2, 0.25) is 0 Å². The third-order valence-corrected chi connectivity index (χ3v) is 6.46. The number of fused-ring (bicyclic) bond motifs is 1. The highest BCUT2D eigenvalue weighted by Gasteiger charge is 2.05. The maximum Gasteiger partial charge on any atom is 0.147 e. The van der Waals surface area contributed by atoms with E-state index in [1.165, 1.54) is 30.3 Å². The van der Waals surface area contributed by atoms with E-state index in [4.69, 9.17) is 4.74 Å². The fraction of sp³-hybridized carbons (Fsp3) is 0.208. The molecule has 0 bridgehead atoms. The maximum absolute atomic E-state index is 5.22. The number of hydrogen-bond donors (Lipinski definition) is 2. The van der Waals surface area contributed by atoms with E-state index in [1.54, 1.807) is 18.6 Å². The molecule has 0 atom stereocenters. The van der Waals surface area contributed by atoms with Gasteiger partial charge in [0.1, 0.15) is 11.6 Å². The number of halogens is 1. The minimum Gasteiger partial charge on any atom is -0.497 e. The van der Waals surface area contributed by atoms with Gasteiger partial charge < -0.3 is 15.4 Å². The standard InChI is InChI=1S/C24H24IN3OS/c1-29-21-10-7-19(8-11-21)18-5-3-17(4-6-18)16-26-13-2-14-27-24-22-15-20(25)9-12-23(22)30-28-24/h3-12,15,26H,2,13-14,16H2,1H3,(H,27,28). The summed E-state index contributed by atoms with van der Waals surface area (Å²) < 4.78 is 12.2. The Balaban J connectivity index is 1.20. The molecule has 0 saturated heterocycles. The van der Waals surface area contributed by atoms with Crippen molar-refractivity contribution in [1.29, 1.82) is 0 Å². The molecule has 0 fully saturated rings. The van der Waals surface area contributed by atoms with E-state index in [9.17, 15) is 0 Å². The molecule has 0 amide bonds. The van der Waals surface area contributed by atoms with Crippen molar-refractivity contribution in [3.63, 3.8) is 0 Å². The summed E-state index contributed by atoms with van der Waals surface area (Å²) in [7, 11) is 1.69. The van der Waals surface area contributed by atoms with Crippen molar-refractivity contribution in [2.75, 3.05) is 25.5 Å². The Labute approximate surface area is 195 Å². The first-order valence-electron chi connectivity index (χ1n) is 9.96. The number of hydrogen-bond acceptors (Lipinski definition) is 5. The van der Waals surface area contributed by atoms with Gasteiger partial charge in [-0.3, -0.25) is 0 Å². The second kappa shape index (κ2) is 10.2. The summed E-state index contributed by atoms with van der Waals surface area (Å²) in [5.41, 5.74) is 3.71. The van der Waals surface area contributed by atoms with Crippen LogP contribution in [0.4, 0.5) is 5.82 Å². The van der Waals surface area contributed by atoms with Crippen molar-refractivity contribution < 1.29 is 4.74 Å². The largest absolute Gasteiger partial charge is 0.497 e. The lowest BCUT2D eigenvalue weighted by Gasteiger charge is -2.08. The van der Waals surface area contributed by atoms with Crippen LogP contribution in [0.15, 0.2) is 66.7 Å². The van der Waals surface area contributed by atoms with Gasteiger partial charge in [-0.2, -0.15) is 4.37 Å². The Morgan fingerprint density at radius 3 is 2.40 bits per heavy atom. The van der Waals surface area contributed by atoms with Gasteiger partial charge >= 0.3 is 0 Å². The highest BCUT2D eigenvalue weighted by molar-refractivity contribution is 14.1. The molecule has 4 aromatic rings. The monoisotopic (exact) mass is 529 g/mol. The zero-order valence-electron chi connectivity index (χ0n) is 16.8. The van der Waals surface area contributed by atoms with E-state index in [0.29, 0.717) is 0 Å². The predicted octanol–water partition coefficient (Wildman–Crippen LogP) is 6.17. The van der Waals surface area contributed by atoms with E-state index in [-0.39, 0.29) is 0 Å². The van der Waals surface area contributed by atoms with E-state index >= 15 is 0 Å². The zero-order valence-corrected chi connectivity index (χ0v) is 19.8. The highest BCUT2D eigenvalue weighted by atomic mass is 127. The average Bonchev–Trinajstić information content (AvgIpc) is 3.18. The first kappa shape index (κ1) is 21.1. The molecule has 1 aromatic heterocycles. The van der Waals surface area contributed by atoms with Gasteiger partial charge in [-0.15, -0.1) is 0 Å². The Morgan fingerprint density at radius 1 is 0.933 bits per heavy atom. The van der Waals surface area contributed by atoms with Crippen molar-refractivity contribution in [2.24, 2.45) is 0 Å². The van der Waals surface area contributed by atoms with Crippen LogP contribution in [0.25, 0.3) is 21.2 Å². The van der Waals surface area contributed by atoms with Gasteiger partial charge in [0.25, 0.3) is 0 Å². The van der Waals surface area contributed by atoms with E-state index in [1.807, 2.05) is 12.1 Å². The van der Waals surface area contributed by atoms with Crippen molar-refractivity contribution in [2.45, 2.75) is 13.0 Å². The number of methoxy groups -OCH3 is 1. The van der Waals surface area contributed by atoms with Crippen molar-refractivity contribution in [1.82, 2.24) is 9.69 Å². The predicted molar refractivity (Wildman–Crippen MR) is 136 cm³/mol. The number of nitrogens with zero attached hydrogens (tertiary/aromatic N) is 1. The molecule has 0 unspecified atom stereocenters. The molecule has 154 valence electrons. The number of ether oxygens (including phenoxy) is 1. The second-order valence-corrected chi connectivity index (χ2v) is 9.10. The molecule has 0 aliphatic carbocycles. The smallest absolute Gasteiger partial charge is 0.147 e. The SMILES string of the molecule is COc1ccc(-c2ccc(CNCCCNc3nsc4ccc(I)cc34)cc2)cc1. The fourth-order valence-corrected chi connectivity index (χ4v) is 4.52. The van der Waals surface area contributed by atoms with E-state index in [0.717, 1.165) is 37.6 Å². The lowest BCUT2D eigenvalue weighted by Crippen LogP contribution is -2.17. The van der Waals surface area contributed by atoms with Gasteiger partial charge in [0.15, 0.2) is 0 Å². The molecule has 1 heterocycles. The Hall–Kier alpha value is -2.16. The van der Waals surface area contributed by atoms with Crippen LogP contribution in [-0.2, 0) is 6.54 Å². The maximum atomic E-state index is 5.22. The third-order valence-electron chi connectivity index (χ3n) is 4.96. The van der Waals surface area contributed by atoms with Crippen molar-refractivity contribution >= 4 is 50.0 Å². The number of rotatable bonds is 9. The normalized spacial score (nSPS) is 11.0. The summed E-state index contributed by atoms with van der Waals surface area (Å²) in [5, 5.41) is 8.22. The summed E-state index contributed by atoms with van der Waals surface area (Å²) in [4.78, 5) is 0. The van der Waals surface area contributed by atoms with Crippen LogP contribution >= 0.6 is 34.1 Å². The lowest BCUT2D eigenvalue weighted by atomic mass is 10.0. The van der Waals surface area contributed by atoms with Crippen LogP contribution in [0.2, 0.25) is 0 Å². The average molecular weight is 529 g/mol. The van der Waals surface area contributed by atoms with Crippen molar-refractivity contribution in [3.8, 4) is 16.9 Å². The van der Waals surface area contributed by atoms with Crippen LogP contribution in [0.1, 0.15) is 12.0 Å². The number of nitrogens with one attached hydrogen (secondary N) is 2. The minimum absolute atomic E-state index is 0.876. The lowest BCUT2D eigenvalue weighted by molar-refractivity contribution is 0.415. The highest BCUT2D eigenvalue weighted by Crippen LogP contribution is 2.28. The molecule has 0 aliphatic rings. The minimum atomic E-state index is 0.876. The van der Waals surface area contributed by atoms with Crippen LogP contribution in [0, 0.1) is 3.57 Å². The third kappa shape index (κ3) is 5.30.